The fourth-order valence-corrected chi connectivity index (χ4v) is 2.45. The molecule has 0 unspecified atom stereocenters. The van der Waals surface area contributed by atoms with Crippen molar-refractivity contribution in [1.29, 1.82) is 0 Å². The van der Waals surface area contributed by atoms with Crippen LogP contribution in [0.2, 0.25) is 0 Å². The number of nitrogens with zero attached hydrogens (tertiary/aromatic N) is 3. The van der Waals surface area contributed by atoms with Crippen molar-refractivity contribution in [1.82, 2.24) is 9.38 Å². The monoisotopic (exact) mass is 279 g/mol. The van der Waals surface area contributed by atoms with Crippen molar-refractivity contribution in [3.05, 3.63) is 58.6 Å². The van der Waals surface area contributed by atoms with Crippen LogP contribution in [0, 0.1) is 11.8 Å². The molecule has 0 N–H and O–H groups in total. The number of aromatic nitrogens is 2. The van der Waals surface area contributed by atoms with Crippen LogP contribution in [0.4, 0.5) is 5.82 Å². The Morgan fingerprint density at radius 1 is 1.10 bits per heavy atom. The van der Waals surface area contributed by atoms with Crippen LogP contribution in [0.3, 0.4) is 0 Å². The molecule has 0 aliphatic rings. The number of nitroso groups, excluding NO2 is 1. The molecule has 0 spiro atoms. The van der Waals surface area contributed by atoms with Gasteiger partial charge >= 0.3 is 0 Å². The van der Waals surface area contributed by atoms with Crippen LogP contribution < -0.4 is 0 Å². The largest absolute Gasteiger partial charge is 0.281 e. The van der Waals surface area contributed by atoms with E-state index in [1.807, 2.05) is 37.4 Å². The van der Waals surface area contributed by atoms with Crippen molar-refractivity contribution < 1.29 is 0 Å². The van der Waals surface area contributed by atoms with E-state index in [9.17, 15) is 4.91 Å². The van der Waals surface area contributed by atoms with Crippen molar-refractivity contribution in [2.24, 2.45) is 5.18 Å². The number of imidazole rings is 1. The number of aryl methyl sites for hydroxylation is 1. The zero-order valence-corrected chi connectivity index (χ0v) is 12.4. The predicted octanol–water partition coefficient (Wildman–Crippen LogP) is 4.83. The lowest BCUT2D eigenvalue weighted by Gasteiger charge is -2.05. The Morgan fingerprint density at radius 3 is 2.43 bits per heavy atom. The lowest BCUT2D eigenvalue weighted by Crippen LogP contribution is -1.87. The molecule has 0 atom stereocenters. The number of hydrogen-bond donors (Lipinski definition) is 0. The number of pyridine rings is 1. The SMILES string of the molecule is Cc1ccc2nc(-c3ccc(C(C)C)cc3)c(N=O)n2c1. The van der Waals surface area contributed by atoms with Crippen LogP contribution in [-0.2, 0) is 0 Å². The van der Waals surface area contributed by atoms with E-state index in [0.29, 0.717) is 17.4 Å². The van der Waals surface area contributed by atoms with E-state index < -0.39 is 0 Å². The maximum absolute atomic E-state index is 11.3. The average molecular weight is 279 g/mol. The van der Waals surface area contributed by atoms with Crippen molar-refractivity contribution in [2.45, 2.75) is 26.7 Å². The fraction of sp³-hybridized carbons (Fsp3) is 0.235. The maximum Gasteiger partial charge on any atom is 0.209 e. The second kappa shape index (κ2) is 5.13. The number of fused-ring (bicyclic) bond motifs is 1. The van der Waals surface area contributed by atoms with E-state index in [1.54, 1.807) is 4.40 Å². The summed E-state index contributed by atoms with van der Waals surface area (Å²) in [6, 6.07) is 12.0. The van der Waals surface area contributed by atoms with E-state index in [4.69, 9.17) is 0 Å². The topological polar surface area (TPSA) is 46.7 Å². The summed E-state index contributed by atoms with van der Waals surface area (Å²) in [4.78, 5) is 15.8. The van der Waals surface area contributed by atoms with Gasteiger partial charge in [0.2, 0.25) is 5.82 Å². The summed E-state index contributed by atoms with van der Waals surface area (Å²) in [6.07, 6.45) is 1.88. The summed E-state index contributed by atoms with van der Waals surface area (Å²) >= 11 is 0. The molecule has 4 nitrogen and oxygen atoms in total. The lowest BCUT2D eigenvalue weighted by molar-refractivity contribution is 0.867. The van der Waals surface area contributed by atoms with E-state index in [2.05, 4.69) is 36.1 Å². The van der Waals surface area contributed by atoms with Crippen molar-refractivity contribution in [2.75, 3.05) is 0 Å². The molecule has 4 heteroatoms. The Hall–Kier alpha value is -2.49. The smallest absolute Gasteiger partial charge is 0.209 e. The molecule has 3 aromatic rings. The number of rotatable bonds is 3. The molecule has 0 bridgehead atoms. The van der Waals surface area contributed by atoms with Crippen LogP contribution >= 0.6 is 0 Å². The molecular weight excluding hydrogens is 262 g/mol. The Balaban J connectivity index is 2.17. The molecule has 0 aliphatic heterocycles. The quantitative estimate of drug-likeness (QED) is 0.644. The first-order chi connectivity index (χ1) is 10.1. The standard InChI is InChI=1S/C17H17N3O/c1-11(2)13-5-7-14(8-6-13)16-17(19-21)20-10-12(3)4-9-15(20)18-16/h4-11H,1-3H3. The molecule has 0 saturated heterocycles. The van der Waals surface area contributed by atoms with E-state index in [1.165, 1.54) is 5.56 Å². The summed E-state index contributed by atoms with van der Waals surface area (Å²) in [5.41, 5.74) is 4.60. The summed E-state index contributed by atoms with van der Waals surface area (Å²) in [6.45, 7) is 6.29. The van der Waals surface area contributed by atoms with Crippen molar-refractivity contribution >= 4 is 11.5 Å². The molecule has 0 saturated carbocycles. The lowest BCUT2D eigenvalue weighted by atomic mass is 10.0. The van der Waals surface area contributed by atoms with Gasteiger partial charge in [-0.05, 0) is 35.2 Å². The van der Waals surface area contributed by atoms with Gasteiger partial charge in [-0.2, -0.15) is 0 Å². The summed E-state index contributed by atoms with van der Waals surface area (Å²) in [5, 5.41) is 3.18. The van der Waals surface area contributed by atoms with Crippen LogP contribution in [0.25, 0.3) is 16.9 Å². The van der Waals surface area contributed by atoms with Crippen LogP contribution in [-0.4, -0.2) is 9.38 Å². The molecule has 2 heterocycles. The van der Waals surface area contributed by atoms with Crippen LogP contribution in [0.15, 0.2) is 47.8 Å². The molecule has 21 heavy (non-hydrogen) atoms. The highest BCUT2D eigenvalue weighted by molar-refractivity contribution is 5.74. The Labute approximate surface area is 123 Å². The van der Waals surface area contributed by atoms with Gasteiger partial charge in [-0.3, -0.25) is 4.40 Å². The average Bonchev–Trinajstić information content (AvgIpc) is 2.85. The van der Waals surface area contributed by atoms with Crippen LogP contribution in [0.1, 0.15) is 30.9 Å². The maximum atomic E-state index is 11.3. The minimum Gasteiger partial charge on any atom is -0.281 e. The first-order valence-corrected chi connectivity index (χ1v) is 7.02. The molecule has 0 aliphatic carbocycles. The normalized spacial score (nSPS) is 11.2. The van der Waals surface area contributed by atoms with Gasteiger partial charge in [0.1, 0.15) is 11.3 Å². The second-order valence-corrected chi connectivity index (χ2v) is 5.59. The number of hydrogen-bond acceptors (Lipinski definition) is 3. The highest BCUT2D eigenvalue weighted by atomic mass is 16.3. The summed E-state index contributed by atoms with van der Waals surface area (Å²) in [5.74, 6) is 0.831. The van der Waals surface area contributed by atoms with Gasteiger partial charge < -0.3 is 0 Å². The van der Waals surface area contributed by atoms with Gasteiger partial charge in [-0.15, -0.1) is 4.91 Å². The Bertz CT molecular complexity index is 801. The first kappa shape index (κ1) is 13.5. The van der Waals surface area contributed by atoms with Crippen molar-refractivity contribution in [3.8, 4) is 11.3 Å². The van der Waals surface area contributed by atoms with E-state index >= 15 is 0 Å². The minimum absolute atomic E-state index is 0.353. The Morgan fingerprint density at radius 2 is 1.81 bits per heavy atom. The van der Waals surface area contributed by atoms with Gasteiger partial charge in [0.25, 0.3) is 0 Å². The van der Waals surface area contributed by atoms with Gasteiger partial charge in [-0.1, -0.05) is 44.2 Å². The second-order valence-electron chi connectivity index (χ2n) is 5.59. The predicted molar refractivity (Wildman–Crippen MR) is 84.9 cm³/mol. The summed E-state index contributed by atoms with van der Waals surface area (Å²) < 4.78 is 1.74. The van der Waals surface area contributed by atoms with Gasteiger partial charge in [0, 0.05) is 11.8 Å². The third-order valence-corrected chi connectivity index (χ3v) is 3.68. The molecule has 3 rings (SSSR count). The molecule has 1 aromatic carbocycles. The van der Waals surface area contributed by atoms with E-state index in [-0.39, 0.29) is 0 Å². The molecule has 2 aromatic heterocycles. The highest BCUT2D eigenvalue weighted by Gasteiger charge is 2.15. The molecule has 0 radical (unpaired) electrons. The third kappa shape index (κ3) is 2.33. The zero-order chi connectivity index (χ0) is 15.0. The molecule has 0 fully saturated rings. The molecule has 106 valence electrons. The van der Waals surface area contributed by atoms with Gasteiger partial charge in [0.15, 0.2) is 0 Å². The van der Waals surface area contributed by atoms with Gasteiger partial charge in [0.05, 0.1) is 0 Å². The molecule has 0 amide bonds. The van der Waals surface area contributed by atoms with Crippen molar-refractivity contribution in [3.63, 3.8) is 0 Å². The highest BCUT2D eigenvalue weighted by Crippen LogP contribution is 2.31. The first-order valence-electron chi connectivity index (χ1n) is 7.02. The van der Waals surface area contributed by atoms with Gasteiger partial charge in [-0.25, -0.2) is 4.98 Å². The Kier molecular flexibility index (Phi) is 3.29. The fourth-order valence-electron chi connectivity index (χ4n) is 2.45. The molecular formula is C17H17N3O. The van der Waals surface area contributed by atoms with E-state index in [0.717, 1.165) is 16.8 Å². The third-order valence-electron chi connectivity index (χ3n) is 3.68. The zero-order valence-electron chi connectivity index (χ0n) is 12.4. The summed E-state index contributed by atoms with van der Waals surface area (Å²) in [7, 11) is 0. The number of benzene rings is 1. The van der Waals surface area contributed by atoms with Crippen LogP contribution in [0.5, 0.6) is 0 Å². The minimum atomic E-state index is 0.353.